The van der Waals surface area contributed by atoms with Crippen LogP contribution in [-0.2, 0) is 4.79 Å². The van der Waals surface area contributed by atoms with E-state index in [2.05, 4.69) is 20.5 Å². The maximum absolute atomic E-state index is 10.7. The number of hydrogen-bond acceptors (Lipinski definition) is 5. The third kappa shape index (κ3) is 2.81. The molecule has 0 aliphatic heterocycles. The smallest absolute Gasteiger partial charge is 0.305 e. The molecule has 2 aromatic rings. The van der Waals surface area contributed by atoms with E-state index in [9.17, 15) is 4.79 Å². The van der Waals surface area contributed by atoms with E-state index in [1.54, 1.807) is 19.3 Å². The molecule has 1 unspecified atom stereocenters. The Balaban J connectivity index is 2.31. The van der Waals surface area contributed by atoms with Gasteiger partial charge in [-0.05, 0) is 6.92 Å². The Labute approximate surface area is 110 Å². The molecule has 0 aromatic carbocycles. The van der Waals surface area contributed by atoms with E-state index in [0.29, 0.717) is 11.5 Å². The number of rotatable bonds is 5. The molecular formula is C12H17N5O2. The molecule has 0 bridgehead atoms. The maximum Gasteiger partial charge on any atom is 0.305 e. The largest absolute Gasteiger partial charge is 0.481 e. The predicted molar refractivity (Wildman–Crippen MR) is 70.2 cm³/mol. The van der Waals surface area contributed by atoms with Gasteiger partial charge >= 0.3 is 5.97 Å². The van der Waals surface area contributed by atoms with Gasteiger partial charge in [-0.25, -0.2) is 4.98 Å². The molecule has 7 nitrogen and oxygen atoms in total. The quantitative estimate of drug-likeness (QED) is 0.849. The molecule has 19 heavy (non-hydrogen) atoms. The number of hydrogen-bond donors (Lipinski definition) is 2. The highest BCUT2D eigenvalue weighted by molar-refractivity contribution is 5.69. The molecule has 0 amide bonds. The Bertz CT molecular complexity index is 593. The summed E-state index contributed by atoms with van der Waals surface area (Å²) in [6.45, 7) is 5.87. The third-order valence-corrected chi connectivity index (χ3v) is 2.73. The van der Waals surface area contributed by atoms with Crippen LogP contribution in [0, 0.1) is 0 Å². The van der Waals surface area contributed by atoms with Crippen LogP contribution in [0.25, 0.3) is 5.65 Å². The van der Waals surface area contributed by atoms with Gasteiger partial charge in [-0.1, -0.05) is 13.8 Å². The Morgan fingerprint density at radius 1 is 1.42 bits per heavy atom. The monoisotopic (exact) mass is 263 g/mol. The van der Waals surface area contributed by atoms with Crippen LogP contribution in [0.3, 0.4) is 0 Å². The van der Waals surface area contributed by atoms with Gasteiger partial charge in [0.25, 0.3) is 0 Å². The average Bonchev–Trinajstić information content (AvgIpc) is 2.72. The highest BCUT2D eigenvalue weighted by atomic mass is 16.4. The van der Waals surface area contributed by atoms with Crippen molar-refractivity contribution in [3.8, 4) is 0 Å². The van der Waals surface area contributed by atoms with Gasteiger partial charge in [0, 0.05) is 24.4 Å². The first-order valence-electron chi connectivity index (χ1n) is 6.17. The lowest BCUT2D eigenvalue weighted by Crippen LogP contribution is -2.20. The van der Waals surface area contributed by atoms with Crippen molar-refractivity contribution in [1.82, 2.24) is 19.6 Å². The summed E-state index contributed by atoms with van der Waals surface area (Å²) < 4.78 is 1.87. The van der Waals surface area contributed by atoms with Crippen LogP contribution in [0.5, 0.6) is 0 Å². The van der Waals surface area contributed by atoms with Crippen LogP contribution in [0.15, 0.2) is 12.4 Å². The summed E-state index contributed by atoms with van der Waals surface area (Å²) in [5, 5.41) is 20.1. The third-order valence-electron chi connectivity index (χ3n) is 2.73. The molecule has 0 radical (unpaired) electrons. The summed E-state index contributed by atoms with van der Waals surface area (Å²) in [5.74, 6) is 0.806. The highest BCUT2D eigenvalue weighted by Crippen LogP contribution is 2.18. The van der Waals surface area contributed by atoms with E-state index < -0.39 is 5.97 Å². The molecular weight excluding hydrogens is 246 g/mol. The van der Waals surface area contributed by atoms with Crippen LogP contribution in [-0.4, -0.2) is 36.7 Å². The first kappa shape index (κ1) is 13.3. The van der Waals surface area contributed by atoms with Gasteiger partial charge in [-0.2, -0.15) is 0 Å². The van der Waals surface area contributed by atoms with Crippen LogP contribution in [0.2, 0.25) is 0 Å². The van der Waals surface area contributed by atoms with E-state index in [0.717, 1.165) is 5.82 Å². The van der Waals surface area contributed by atoms with Crippen molar-refractivity contribution in [2.75, 3.05) is 5.32 Å². The summed E-state index contributed by atoms with van der Waals surface area (Å²) in [6.07, 6.45) is 3.48. The fourth-order valence-corrected chi connectivity index (χ4v) is 1.89. The van der Waals surface area contributed by atoms with Gasteiger partial charge < -0.3 is 10.4 Å². The van der Waals surface area contributed by atoms with E-state index in [1.807, 2.05) is 18.2 Å². The average molecular weight is 263 g/mol. The van der Waals surface area contributed by atoms with Gasteiger partial charge in [0.1, 0.15) is 5.82 Å². The second-order valence-corrected chi connectivity index (χ2v) is 4.83. The molecule has 0 spiro atoms. The van der Waals surface area contributed by atoms with Crippen molar-refractivity contribution >= 4 is 17.4 Å². The zero-order valence-electron chi connectivity index (χ0n) is 11.2. The number of carbonyl (C=O) groups is 1. The number of carboxylic acids is 1. The first-order valence-corrected chi connectivity index (χ1v) is 6.17. The lowest BCUT2D eigenvalue weighted by molar-refractivity contribution is -0.137. The summed E-state index contributed by atoms with van der Waals surface area (Å²) >= 11 is 0. The molecule has 0 fully saturated rings. The van der Waals surface area contributed by atoms with Crippen molar-refractivity contribution in [3.05, 3.63) is 18.2 Å². The number of nitrogens with one attached hydrogen (secondary N) is 1. The molecule has 0 aliphatic rings. The summed E-state index contributed by atoms with van der Waals surface area (Å²) in [4.78, 5) is 14.9. The molecule has 7 heteroatoms. The standard InChI is InChI=1S/C12H17N5O2/c1-7(2)11-15-16-12-10(13-4-5-17(11)12)14-8(3)6-9(18)19/h4-5,7-8H,6H2,1-3H3,(H,13,14)(H,18,19). The van der Waals surface area contributed by atoms with E-state index >= 15 is 0 Å². The molecule has 0 aliphatic carbocycles. The summed E-state index contributed by atoms with van der Waals surface area (Å²) in [6, 6.07) is -0.226. The fourth-order valence-electron chi connectivity index (χ4n) is 1.89. The highest BCUT2D eigenvalue weighted by Gasteiger charge is 2.15. The van der Waals surface area contributed by atoms with Crippen LogP contribution < -0.4 is 5.32 Å². The molecule has 0 saturated heterocycles. The minimum absolute atomic E-state index is 0.0217. The Morgan fingerprint density at radius 3 is 2.79 bits per heavy atom. The fraction of sp³-hybridized carbons (Fsp3) is 0.500. The number of carboxylic acid groups (broad SMARTS) is 1. The Hall–Kier alpha value is -2.18. The molecule has 2 N–H and O–H groups in total. The van der Waals surface area contributed by atoms with Crippen LogP contribution in [0.1, 0.15) is 38.9 Å². The predicted octanol–water partition coefficient (Wildman–Crippen LogP) is 1.52. The number of anilines is 1. The molecule has 2 aromatic heterocycles. The van der Waals surface area contributed by atoms with E-state index in [-0.39, 0.29) is 18.4 Å². The number of nitrogens with zero attached hydrogens (tertiary/aromatic N) is 4. The molecule has 102 valence electrons. The summed E-state index contributed by atoms with van der Waals surface area (Å²) in [5.41, 5.74) is 0.614. The zero-order chi connectivity index (χ0) is 14.0. The SMILES string of the molecule is CC(CC(=O)O)Nc1nccn2c(C(C)C)nnc12. The maximum atomic E-state index is 10.7. The molecule has 1 atom stereocenters. The number of aliphatic carboxylic acids is 1. The van der Waals surface area contributed by atoms with Crippen molar-refractivity contribution in [3.63, 3.8) is 0 Å². The lowest BCUT2D eigenvalue weighted by atomic mass is 10.2. The van der Waals surface area contributed by atoms with E-state index in [4.69, 9.17) is 5.11 Å². The molecule has 2 rings (SSSR count). The Kier molecular flexibility index (Phi) is 3.64. The van der Waals surface area contributed by atoms with Crippen LogP contribution >= 0.6 is 0 Å². The second-order valence-electron chi connectivity index (χ2n) is 4.83. The van der Waals surface area contributed by atoms with Crippen LogP contribution in [0.4, 0.5) is 5.82 Å². The van der Waals surface area contributed by atoms with Crippen molar-refractivity contribution in [2.24, 2.45) is 0 Å². The second kappa shape index (κ2) is 5.21. The molecule has 0 saturated carbocycles. The topological polar surface area (TPSA) is 92.4 Å². The van der Waals surface area contributed by atoms with Gasteiger partial charge in [-0.15, -0.1) is 10.2 Å². The zero-order valence-corrected chi connectivity index (χ0v) is 11.2. The summed E-state index contributed by atoms with van der Waals surface area (Å²) in [7, 11) is 0. The van der Waals surface area contributed by atoms with Gasteiger partial charge in [-0.3, -0.25) is 9.20 Å². The van der Waals surface area contributed by atoms with Gasteiger partial charge in [0.15, 0.2) is 5.82 Å². The Morgan fingerprint density at radius 2 is 2.16 bits per heavy atom. The van der Waals surface area contributed by atoms with E-state index in [1.165, 1.54) is 0 Å². The first-order chi connectivity index (χ1) is 8.99. The molecule has 2 heterocycles. The minimum atomic E-state index is -0.851. The number of fused-ring (bicyclic) bond motifs is 1. The number of aromatic nitrogens is 4. The van der Waals surface area contributed by atoms with Gasteiger partial charge in [0.2, 0.25) is 5.65 Å². The van der Waals surface area contributed by atoms with Crippen molar-refractivity contribution in [1.29, 1.82) is 0 Å². The van der Waals surface area contributed by atoms with Crippen molar-refractivity contribution < 1.29 is 9.90 Å². The van der Waals surface area contributed by atoms with Crippen molar-refractivity contribution in [2.45, 2.75) is 39.2 Å². The normalized spacial score (nSPS) is 12.8. The van der Waals surface area contributed by atoms with Gasteiger partial charge in [0.05, 0.1) is 6.42 Å². The minimum Gasteiger partial charge on any atom is -0.481 e. The lowest BCUT2D eigenvalue weighted by Gasteiger charge is -2.12.